The van der Waals surface area contributed by atoms with E-state index in [1.165, 1.54) is 47.9 Å². The largest absolute Gasteiger partial charge is 0.489 e. The average molecular weight is 550 g/mol. The van der Waals surface area contributed by atoms with Gasteiger partial charge >= 0.3 is 12.4 Å². The normalized spacial score (nSPS) is 11.9. The molecule has 1 N–H and O–H groups in total. The number of carbonyl (C=O) groups excluding carboxylic acids is 1. The molecule has 1 heterocycles. The molecular weight excluding hydrogens is 529 g/mol. The SMILES string of the molecule is Cc1cc(C(=O)Nc2cccc(OCc3ccc(C(F)(F)F)c(F)c3)c2)c(C)n1-c1ccccc1C(F)(F)F. The number of nitrogens with zero attached hydrogens (tertiary/aromatic N) is 1. The molecule has 39 heavy (non-hydrogen) atoms. The molecule has 4 aromatic rings. The number of amides is 1. The summed E-state index contributed by atoms with van der Waals surface area (Å²) in [7, 11) is 0. The highest BCUT2D eigenvalue weighted by molar-refractivity contribution is 6.05. The second-order valence-electron chi connectivity index (χ2n) is 8.72. The lowest BCUT2D eigenvalue weighted by atomic mass is 10.1. The molecule has 0 unspecified atom stereocenters. The van der Waals surface area contributed by atoms with Gasteiger partial charge in [0.05, 0.1) is 22.4 Å². The van der Waals surface area contributed by atoms with Crippen molar-refractivity contribution in [1.82, 2.24) is 4.57 Å². The number of hydrogen-bond donors (Lipinski definition) is 1. The minimum atomic E-state index is -4.81. The predicted octanol–water partition coefficient (Wildman–Crippen LogP) is 8.10. The minimum absolute atomic E-state index is 0.103. The third kappa shape index (κ3) is 6.08. The van der Waals surface area contributed by atoms with Crippen LogP contribution in [0.15, 0.2) is 72.8 Å². The number of para-hydroxylation sites is 1. The van der Waals surface area contributed by atoms with E-state index in [0.29, 0.717) is 23.1 Å². The number of anilines is 1. The quantitative estimate of drug-likeness (QED) is 0.247. The first-order valence-electron chi connectivity index (χ1n) is 11.5. The summed E-state index contributed by atoms with van der Waals surface area (Å²) in [5.74, 6) is -1.74. The Morgan fingerprint density at radius 1 is 0.846 bits per heavy atom. The maximum atomic E-state index is 13.8. The Balaban J connectivity index is 1.51. The molecule has 4 nitrogen and oxygen atoms in total. The number of aryl methyl sites for hydroxylation is 1. The third-order valence-electron chi connectivity index (χ3n) is 5.96. The Morgan fingerprint density at radius 3 is 2.21 bits per heavy atom. The summed E-state index contributed by atoms with van der Waals surface area (Å²) in [4.78, 5) is 13.0. The number of benzene rings is 3. The first-order valence-corrected chi connectivity index (χ1v) is 11.5. The van der Waals surface area contributed by atoms with Crippen LogP contribution in [0.25, 0.3) is 5.69 Å². The number of halogens is 7. The van der Waals surface area contributed by atoms with Crippen molar-refractivity contribution in [1.29, 1.82) is 0 Å². The van der Waals surface area contributed by atoms with Crippen molar-refractivity contribution in [3.63, 3.8) is 0 Å². The van der Waals surface area contributed by atoms with Crippen LogP contribution >= 0.6 is 0 Å². The average Bonchev–Trinajstić information content (AvgIpc) is 3.15. The van der Waals surface area contributed by atoms with Gasteiger partial charge in [-0.1, -0.05) is 24.3 Å². The van der Waals surface area contributed by atoms with Crippen molar-refractivity contribution in [3.8, 4) is 11.4 Å². The molecule has 1 amide bonds. The van der Waals surface area contributed by atoms with Crippen LogP contribution in [0.4, 0.5) is 36.4 Å². The van der Waals surface area contributed by atoms with Gasteiger partial charge in [-0.15, -0.1) is 0 Å². The van der Waals surface area contributed by atoms with E-state index < -0.39 is 35.2 Å². The van der Waals surface area contributed by atoms with Crippen LogP contribution in [-0.2, 0) is 19.0 Å². The number of aromatic nitrogens is 1. The zero-order valence-electron chi connectivity index (χ0n) is 20.5. The summed E-state index contributed by atoms with van der Waals surface area (Å²) >= 11 is 0. The summed E-state index contributed by atoms with van der Waals surface area (Å²) in [5.41, 5.74) is -0.953. The first kappa shape index (κ1) is 27.7. The molecule has 3 aromatic carbocycles. The molecule has 0 saturated heterocycles. The van der Waals surface area contributed by atoms with Crippen molar-refractivity contribution >= 4 is 11.6 Å². The van der Waals surface area contributed by atoms with E-state index in [2.05, 4.69) is 5.32 Å². The number of nitrogens with one attached hydrogen (secondary N) is 1. The smallest absolute Gasteiger partial charge is 0.419 e. The van der Waals surface area contributed by atoms with Crippen molar-refractivity contribution in [3.05, 3.63) is 112 Å². The van der Waals surface area contributed by atoms with Crippen molar-refractivity contribution < 1.29 is 40.3 Å². The Bertz CT molecular complexity index is 1520. The van der Waals surface area contributed by atoms with Crippen LogP contribution in [0.1, 0.15) is 38.4 Å². The Kier molecular flexibility index (Phi) is 7.45. The molecule has 0 aliphatic rings. The minimum Gasteiger partial charge on any atom is -0.489 e. The molecule has 0 aliphatic carbocycles. The first-order chi connectivity index (χ1) is 18.3. The van der Waals surface area contributed by atoms with Gasteiger partial charge in [0.15, 0.2) is 0 Å². The van der Waals surface area contributed by atoms with Crippen molar-refractivity contribution in [2.75, 3.05) is 5.32 Å². The van der Waals surface area contributed by atoms with Crippen LogP contribution in [0, 0.1) is 19.7 Å². The lowest BCUT2D eigenvalue weighted by molar-refractivity contribution is -0.140. The highest BCUT2D eigenvalue weighted by Gasteiger charge is 2.35. The van der Waals surface area contributed by atoms with E-state index in [4.69, 9.17) is 4.74 Å². The molecule has 0 bridgehead atoms. The van der Waals surface area contributed by atoms with Gasteiger partial charge in [0.1, 0.15) is 18.2 Å². The van der Waals surface area contributed by atoms with Crippen LogP contribution in [-0.4, -0.2) is 10.5 Å². The molecular formula is C28H21F7N2O2. The van der Waals surface area contributed by atoms with E-state index in [0.717, 1.165) is 18.2 Å². The fourth-order valence-corrected chi connectivity index (χ4v) is 4.18. The van der Waals surface area contributed by atoms with E-state index in [1.54, 1.807) is 19.1 Å². The molecule has 0 saturated carbocycles. The van der Waals surface area contributed by atoms with Crippen LogP contribution in [0.2, 0.25) is 0 Å². The monoisotopic (exact) mass is 550 g/mol. The van der Waals surface area contributed by atoms with Gasteiger partial charge in [-0.2, -0.15) is 26.3 Å². The fraction of sp³-hybridized carbons (Fsp3) is 0.179. The topological polar surface area (TPSA) is 43.3 Å². The van der Waals surface area contributed by atoms with E-state index in [1.807, 2.05) is 0 Å². The number of alkyl halides is 6. The second-order valence-corrected chi connectivity index (χ2v) is 8.72. The molecule has 0 radical (unpaired) electrons. The predicted molar refractivity (Wildman–Crippen MR) is 130 cm³/mol. The zero-order valence-corrected chi connectivity index (χ0v) is 20.5. The van der Waals surface area contributed by atoms with Gasteiger partial charge in [0.2, 0.25) is 0 Å². The lowest BCUT2D eigenvalue weighted by Gasteiger charge is -2.17. The number of carbonyl (C=O) groups is 1. The Hall–Kier alpha value is -4.28. The Morgan fingerprint density at radius 2 is 1.54 bits per heavy atom. The second kappa shape index (κ2) is 10.5. The van der Waals surface area contributed by atoms with Gasteiger partial charge in [0, 0.05) is 23.1 Å². The standard InChI is InChI=1S/C28H21F7N2O2/c1-16-12-21(17(2)37(16)25-9-4-3-8-23(25)28(33,34)35)26(38)36-19-6-5-7-20(14-19)39-15-18-10-11-22(24(29)13-18)27(30,31)32/h3-14H,15H2,1-2H3,(H,36,38). The molecule has 0 aliphatic heterocycles. The van der Waals surface area contributed by atoms with Gasteiger partial charge in [-0.05, 0) is 61.9 Å². The molecule has 4 rings (SSSR count). The molecule has 11 heteroatoms. The van der Waals surface area contributed by atoms with Gasteiger partial charge in [0.25, 0.3) is 5.91 Å². The summed E-state index contributed by atoms with van der Waals surface area (Å²) in [5, 5.41) is 2.67. The maximum absolute atomic E-state index is 13.8. The van der Waals surface area contributed by atoms with Gasteiger partial charge in [-0.3, -0.25) is 4.79 Å². The summed E-state index contributed by atoms with van der Waals surface area (Å²) in [6.45, 7) is 2.90. The van der Waals surface area contributed by atoms with Crippen molar-refractivity contribution in [2.24, 2.45) is 0 Å². The van der Waals surface area contributed by atoms with Crippen LogP contribution < -0.4 is 10.1 Å². The molecule has 204 valence electrons. The van der Waals surface area contributed by atoms with Crippen molar-refractivity contribution in [2.45, 2.75) is 32.8 Å². The maximum Gasteiger partial charge on any atom is 0.419 e. The van der Waals surface area contributed by atoms with E-state index in [9.17, 15) is 35.5 Å². The summed E-state index contributed by atoms with van der Waals surface area (Å²) in [6.07, 6.45) is -9.40. The number of rotatable bonds is 6. The summed E-state index contributed by atoms with van der Waals surface area (Å²) < 4.78 is 99.7. The van der Waals surface area contributed by atoms with Gasteiger partial charge in [-0.25, -0.2) is 4.39 Å². The zero-order chi connectivity index (χ0) is 28.5. The number of hydrogen-bond acceptors (Lipinski definition) is 2. The molecule has 0 atom stereocenters. The van der Waals surface area contributed by atoms with Crippen LogP contribution in [0.5, 0.6) is 5.75 Å². The highest BCUT2D eigenvalue weighted by atomic mass is 19.4. The molecule has 1 aromatic heterocycles. The van der Waals surface area contributed by atoms with E-state index in [-0.39, 0.29) is 29.2 Å². The van der Waals surface area contributed by atoms with Crippen LogP contribution in [0.3, 0.4) is 0 Å². The summed E-state index contributed by atoms with van der Waals surface area (Å²) in [6, 6.07) is 15.1. The fourth-order valence-electron chi connectivity index (χ4n) is 4.18. The van der Waals surface area contributed by atoms with Gasteiger partial charge < -0.3 is 14.6 Å². The highest BCUT2D eigenvalue weighted by Crippen LogP contribution is 2.36. The number of ether oxygens (including phenoxy) is 1. The molecule has 0 spiro atoms. The third-order valence-corrected chi connectivity index (χ3v) is 5.96. The Labute approximate surface area is 218 Å². The lowest BCUT2D eigenvalue weighted by Crippen LogP contribution is -2.15. The van der Waals surface area contributed by atoms with E-state index >= 15 is 0 Å². The molecule has 0 fully saturated rings.